The van der Waals surface area contributed by atoms with Crippen LogP contribution in [-0.2, 0) is 6.61 Å². The Bertz CT molecular complexity index is 841. The van der Waals surface area contributed by atoms with Gasteiger partial charge in [0.25, 0.3) is 0 Å². The van der Waals surface area contributed by atoms with Crippen molar-refractivity contribution in [3.05, 3.63) is 54.0 Å². The first-order chi connectivity index (χ1) is 10.9. The van der Waals surface area contributed by atoms with E-state index < -0.39 is 12.2 Å². The molecule has 0 bridgehead atoms. The molecule has 0 aliphatic heterocycles. The zero-order valence-electron chi connectivity index (χ0n) is 11.5. The minimum absolute atomic E-state index is 0.140. The fourth-order valence-electron chi connectivity index (χ4n) is 2.28. The van der Waals surface area contributed by atoms with Crippen molar-refractivity contribution in [1.82, 2.24) is 9.78 Å². The molecule has 1 aromatic heterocycles. The average molecular weight is 326 g/mol. The zero-order valence-corrected chi connectivity index (χ0v) is 11.5. The van der Waals surface area contributed by atoms with E-state index >= 15 is 0 Å². The fourth-order valence-corrected chi connectivity index (χ4v) is 2.28. The SMILES string of the molecule is OCc1nn(-c2ccc(OC(F)(F)F)cc2)c2c(F)cccc12. The molecule has 0 saturated heterocycles. The van der Waals surface area contributed by atoms with Gasteiger partial charge in [0.1, 0.15) is 17.1 Å². The maximum Gasteiger partial charge on any atom is 0.573 e. The third-order valence-corrected chi connectivity index (χ3v) is 3.19. The first-order valence-electron chi connectivity index (χ1n) is 6.52. The summed E-state index contributed by atoms with van der Waals surface area (Å²) < 4.78 is 55.6. The van der Waals surface area contributed by atoms with Gasteiger partial charge in [-0.25, -0.2) is 9.07 Å². The summed E-state index contributed by atoms with van der Waals surface area (Å²) in [6, 6.07) is 9.19. The van der Waals surface area contributed by atoms with Gasteiger partial charge in [-0.1, -0.05) is 12.1 Å². The highest BCUT2D eigenvalue weighted by atomic mass is 19.4. The second kappa shape index (κ2) is 5.54. The monoisotopic (exact) mass is 326 g/mol. The predicted molar refractivity (Wildman–Crippen MR) is 73.6 cm³/mol. The lowest BCUT2D eigenvalue weighted by atomic mass is 10.2. The molecule has 8 heteroatoms. The van der Waals surface area contributed by atoms with Crippen molar-refractivity contribution in [1.29, 1.82) is 0 Å². The van der Waals surface area contributed by atoms with Gasteiger partial charge in [0.2, 0.25) is 0 Å². The Morgan fingerprint density at radius 3 is 2.39 bits per heavy atom. The third kappa shape index (κ3) is 2.98. The van der Waals surface area contributed by atoms with Crippen LogP contribution in [0.4, 0.5) is 17.6 Å². The Morgan fingerprint density at radius 2 is 1.78 bits per heavy atom. The number of aliphatic hydroxyl groups excluding tert-OH is 1. The zero-order chi connectivity index (χ0) is 16.6. The van der Waals surface area contributed by atoms with Crippen LogP contribution in [0.2, 0.25) is 0 Å². The van der Waals surface area contributed by atoms with E-state index in [0.29, 0.717) is 11.1 Å². The van der Waals surface area contributed by atoms with Gasteiger partial charge in [-0.15, -0.1) is 13.2 Å². The molecule has 2 aromatic carbocycles. The normalized spacial score (nSPS) is 11.9. The molecular weight excluding hydrogens is 316 g/mol. The molecule has 4 nitrogen and oxygen atoms in total. The van der Waals surface area contributed by atoms with E-state index in [-0.39, 0.29) is 23.6 Å². The van der Waals surface area contributed by atoms with Crippen molar-refractivity contribution >= 4 is 10.9 Å². The molecule has 0 spiro atoms. The maximum absolute atomic E-state index is 14.1. The van der Waals surface area contributed by atoms with Crippen LogP contribution in [-0.4, -0.2) is 21.2 Å². The van der Waals surface area contributed by atoms with Crippen LogP contribution in [0.25, 0.3) is 16.6 Å². The standard InChI is InChI=1S/C15H10F4N2O2/c16-12-3-1-2-11-13(8-22)20-21(14(11)12)9-4-6-10(7-5-9)23-15(17,18)19/h1-7,22H,8H2. The van der Waals surface area contributed by atoms with E-state index in [2.05, 4.69) is 9.84 Å². The molecule has 3 aromatic rings. The van der Waals surface area contributed by atoms with Gasteiger partial charge >= 0.3 is 6.36 Å². The molecule has 0 aliphatic carbocycles. The summed E-state index contributed by atoms with van der Waals surface area (Å²) in [5.74, 6) is -0.939. The van der Waals surface area contributed by atoms with Gasteiger partial charge in [-0.05, 0) is 30.3 Å². The number of aliphatic hydroxyl groups is 1. The molecule has 1 heterocycles. The van der Waals surface area contributed by atoms with Gasteiger partial charge in [0, 0.05) is 5.39 Å². The predicted octanol–water partition coefficient (Wildman–Crippen LogP) is 3.56. The number of hydrogen-bond donors (Lipinski definition) is 1. The molecule has 23 heavy (non-hydrogen) atoms. The van der Waals surface area contributed by atoms with Gasteiger partial charge in [0.05, 0.1) is 18.0 Å². The topological polar surface area (TPSA) is 47.3 Å². The largest absolute Gasteiger partial charge is 0.573 e. The second-order valence-electron chi connectivity index (χ2n) is 4.69. The Kier molecular flexibility index (Phi) is 3.69. The molecule has 3 rings (SSSR count). The number of hydrogen-bond acceptors (Lipinski definition) is 3. The summed E-state index contributed by atoms with van der Waals surface area (Å²) in [6.07, 6.45) is -4.78. The molecule has 0 fully saturated rings. The summed E-state index contributed by atoms with van der Waals surface area (Å²) in [5.41, 5.74) is 0.755. The van der Waals surface area contributed by atoms with Crippen molar-refractivity contribution in [3.63, 3.8) is 0 Å². The van der Waals surface area contributed by atoms with Gasteiger partial charge in [0.15, 0.2) is 0 Å². The number of benzene rings is 2. The van der Waals surface area contributed by atoms with E-state index in [0.717, 1.165) is 12.1 Å². The number of fused-ring (bicyclic) bond motifs is 1. The van der Waals surface area contributed by atoms with Crippen molar-refractivity contribution in [2.75, 3.05) is 0 Å². The Labute approximate surface area is 127 Å². The lowest BCUT2D eigenvalue weighted by Gasteiger charge is -2.09. The molecule has 0 aliphatic rings. The van der Waals surface area contributed by atoms with Crippen LogP contribution in [0.5, 0.6) is 5.75 Å². The number of rotatable bonds is 3. The molecule has 0 amide bonds. The van der Waals surface area contributed by atoms with E-state index in [4.69, 9.17) is 0 Å². The maximum atomic E-state index is 14.1. The number of alkyl halides is 3. The highest BCUT2D eigenvalue weighted by molar-refractivity contribution is 5.84. The van der Waals surface area contributed by atoms with Crippen molar-refractivity contribution in [2.45, 2.75) is 13.0 Å². The lowest BCUT2D eigenvalue weighted by molar-refractivity contribution is -0.274. The number of nitrogens with zero attached hydrogens (tertiary/aromatic N) is 2. The van der Waals surface area contributed by atoms with Gasteiger partial charge in [-0.2, -0.15) is 5.10 Å². The summed E-state index contributed by atoms with van der Waals surface area (Å²) in [4.78, 5) is 0. The van der Waals surface area contributed by atoms with Gasteiger partial charge in [-0.3, -0.25) is 0 Å². The van der Waals surface area contributed by atoms with Crippen molar-refractivity contribution in [3.8, 4) is 11.4 Å². The van der Waals surface area contributed by atoms with Crippen LogP contribution in [0.15, 0.2) is 42.5 Å². The Balaban J connectivity index is 2.07. The van der Waals surface area contributed by atoms with E-state index in [1.165, 1.54) is 28.9 Å². The van der Waals surface area contributed by atoms with Gasteiger partial charge < -0.3 is 9.84 Å². The number of para-hydroxylation sites is 1. The van der Waals surface area contributed by atoms with Crippen LogP contribution in [0.1, 0.15) is 5.69 Å². The lowest BCUT2D eigenvalue weighted by Crippen LogP contribution is -2.17. The Morgan fingerprint density at radius 1 is 1.09 bits per heavy atom. The van der Waals surface area contributed by atoms with Crippen LogP contribution in [0, 0.1) is 5.82 Å². The summed E-state index contributed by atoms with van der Waals surface area (Å²) in [7, 11) is 0. The smallest absolute Gasteiger partial charge is 0.406 e. The number of halogens is 4. The number of ether oxygens (including phenoxy) is 1. The summed E-state index contributed by atoms with van der Waals surface area (Å²) >= 11 is 0. The van der Waals surface area contributed by atoms with Crippen LogP contribution >= 0.6 is 0 Å². The van der Waals surface area contributed by atoms with E-state index in [9.17, 15) is 22.7 Å². The molecule has 120 valence electrons. The van der Waals surface area contributed by atoms with Crippen molar-refractivity contribution in [2.24, 2.45) is 0 Å². The average Bonchev–Trinajstić information content (AvgIpc) is 2.86. The van der Waals surface area contributed by atoms with E-state index in [1.807, 2.05) is 0 Å². The highest BCUT2D eigenvalue weighted by Gasteiger charge is 2.31. The highest BCUT2D eigenvalue weighted by Crippen LogP contribution is 2.27. The molecular formula is C15H10F4N2O2. The second-order valence-corrected chi connectivity index (χ2v) is 4.69. The van der Waals surface area contributed by atoms with Crippen LogP contribution < -0.4 is 4.74 Å². The quantitative estimate of drug-likeness (QED) is 0.749. The first-order valence-corrected chi connectivity index (χ1v) is 6.52. The van der Waals surface area contributed by atoms with Crippen molar-refractivity contribution < 1.29 is 27.4 Å². The minimum Gasteiger partial charge on any atom is -0.406 e. The first kappa shape index (κ1) is 15.3. The number of aromatic nitrogens is 2. The van der Waals surface area contributed by atoms with Crippen LogP contribution in [0.3, 0.4) is 0 Å². The fraction of sp³-hybridized carbons (Fsp3) is 0.133. The molecule has 1 N–H and O–H groups in total. The van der Waals surface area contributed by atoms with E-state index in [1.54, 1.807) is 6.07 Å². The molecule has 0 radical (unpaired) electrons. The molecule has 0 atom stereocenters. The Hall–Kier alpha value is -2.61. The molecule has 0 saturated carbocycles. The summed E-state index contributed by atoms with van der Waals surface area (Å²) in [5, 5.41) is 13.9. The third-order valence-electron chi connectivity index (χ3n) is 3.19. The minimum atomic E-state index is -4.78. The molecule has 0 unspecified atom stereocenters. The summed E-state index contributed by atoms with van der Waals surface area (Å²) in [6.45, 7) is -0.387.